The van der Waals surface area contributed by atoms with Crippen molar-refractivity contribution in [3.05, 3.63) is 0 Å². The number of unbranched alkanes of at least 4 members (excludes halogenated alkanes) is 1. The largest absolute Gasteiger partial charge is 0.466 e. The maximum Gasteiger partial charge on any atom is 0.306 e. The molecule has 3 nitrogen and oxygen atoms in total. The van der Waals surface area contributed by atoms with E-state index in [1.165, 1.54) is 0 Å². The Balaban J connectivity index is 3.70. The standard InChI is InChI=1S/C11H22O3/c1-4-6-7-10(12)9(3)8-11(13)14-5-2/h9-10,12H,4-8H2,1-3H3. The van der Waals surface area contributed by atoms with E-state index in [2.05, 4.69) is 6.92 Å². The van der Waals surface area contributed by atoms with Gasteiger partial charge in [-0.3, -0.25) is 4.79 Å². The monoisotopic (exact) mass is 202 g/mol. The Hall–Kier alpha value is -0.570. The first-order chi connectivity index (χ1) is 6.61. The van der Waals surface area contributed by atoms with Crippen molar-refractivity contribution in [3.63, 3.8) is 0 Å². The molecule has 0 amide bonds. The number of carbonyl (C=O) groups is 1. The van der Waals surface area contributed by atoms with Crippen molar-refractivity contribution >= 4 is 5.97 Å². The summed E-state index contributed by atoms with van der Waals surface area (Å²) in [5.41, 5.74) is 0. The Morgan fingerprint density at radius 3 is 2.57 bits per heavy atom. The average molecular weight is 202 g/mol. The molecule has 1 N–H and O–H groups in total. The minimum Gasteiger partial charge on any atom is -0.466 e. The lowest BCUT2D eigenvalue weighted by Crippen LogP contribution is -2.21. The van der Waals surface area contributed by atoms with E-state index in [9.17, 15) is 9.90 Å². The Labute approximate surface area is 86.5 Å². The van der Waals surface area contributed by atoms with Gasteiger partial charge in [0, 0.05) is 0 Å². The quantitative estimate of drug-likeness (QED) is 0.643. The van der Waals surface area contributed by atoms with Crippen molar-refractivity contribution in [2.75, 3.05) is 6.61 Å². The van der Waals surface area contributed by atoms with E-state index in [4.69, 9.17) is 4.74 Å². The van der Waals surface area contributed by atoms with Gasteiger partial charge in [0.05, 0.1) is 19.1 Å². The zero-order chi connectivity index (χ0) is 11.0. The first-order valence-electron chi connectivity index (χ1n) is 5.45. The molecule has 0 aromatic carbocycles. The number of hydrogen-bond donors (Lipinski definition) is 1. The molecule has 3 heteroatoms. The zero-order valence-corrected chi connectivity index (χ0v) is 9.45. The molecule has 0 spiro atoms. The maximum atomic E-state index is 11.1. The summed E-state index contributed by atoms with van der Waals surface area (Å²) < 4.78 is 4.82. The highest BCUT2D eigenvalue weighted by Crippen LogP contribution is 2.14. The summed E-state index contributed by atoms with van der Waals surface area (Å²) in [6, 6.07) is 0. The summed E-state index contributed by atoms with van der Waals surface area (Å²) in [6.07, 6.45) is 2.80. The van der Waals surface area contributed by atoms with E-state index in [0.717, 1.165) is 19.3 Å². The first kappa shape index (κ1) is 13.4. The Kier molecular flexibility index (Phi) is 7.48. The second kappa shape index (κ2) is 7.80. The van der Waals surface area contributed by atoms with Gasteiger partial charge in [0.1, 0.15) is 0 Å². The van der Waals surface area contributed by atoms with Crippen molar-refractivity contribution in [2.24, 2.45) is 5.92 Å². The lowest BCUT2D eigenvalue weighted by molar-refractivity contribution is -0.145. The number of aliphatic hydroxyl groups excluding tert-OH is 1. The molecule has 0 fully saturated rings. The number of rotatable bonds is 7. The molecule has 0 bridgehead atoms. The molecule has 0 aliphatic carbocycles. The predicted molar refractivity (Wildman–Crippen MR) is 55.9 cm³/mol. The Morgan fingerprint density at radius 1 is 1.43 bits per heavy atom. The Morgan fingerprint density at radius 2 is 2.07 bits per heavy atom. The van der Waals surface area contributed by atoms with Gasteiger partial charge in [-0.05, 0) is 19.3 Å². The number of aliphatic hydroxyl groups is 1. The molecule has 14 heavy (non-hydrogen) atoms. The second-order valence-electron chi connectivity index (χ2n) is 3.70. The molecular formula is C11H22O3. The van der Waals surface area contributed by atoms with Gasteiger partial charge >= 0.3 is 5.97 Å². The molecule has 0 aromatic heterocycles. The summed E-state index contributed by atoms with van der Waals surface area (Å²) in [6.45, 7) is 6.17. The highest BCUT2D eigenvalue weighted by molar-refractivity contribution is 5.69. The lowest BCUT2D eigenvalue weighted by atomic mass is 9.97. The zero-order valence-electron chi connectivity index (χ0n) is 9.45. The SMILES string of the molecule is CCCCC(O)C(C)CC(=O)OCC. The van der Waals surface area contributed by atoms with Crippen LogP contribution < -0.4 is 0 Å². The Bertz CT molecular complexity index is 157. The van der Waals surface area contributed by atoms with Crippen LogP contribution in [0.1, 0.15) is 46.5 Å². The third kappa shape index (κ3) is 5.97. The van der Waals surface area contributed by atoms with E-state index in [1.54, 1.807) is 6.92 Å². The molecule has 0 aliphatic heterocycles. The third-order valence-corrected chi connectivity index (χ3v) is 2.30. The van der Waals surface area contributed by atoms with Crippen molar-refractivity contribution in [3.8, 4) is 0 Å². The highest BCUT2D eigenvalue weighted by Gasteiger charge is 2.17. The van der Waals surface area contributed by atoms with E-state index in [-0.39, 0.29) is 18.0 Å². The van der Waals surface area contributed by atoms with Gasteiger partial charge in [-0.2, -0.15) is 0 Å². The minimum atomic E-state index is -0.376. The minimum absolute atomic E-state index is 0.000556. The fourth-order valence-corrected chi connectivity index (χ4v) is 1.32. The van der Waals surface area contributed by atoms with Gasteiger partial charge in [-0.15, -0.1) is 0 Å². The molecule has 0 radical (unpaired) electrons. The van der Waals surface area contributed by atoms with Gasteiger partial charge in [0.25, 0.3) is 0 Å². The first-order valence-corrected chi connectivity index (χ1v) is 5.45. The van der Waals surface area contributed by atoms with E-state index in [0.29, 0.717) is 13.0 Å². The van der Waals surface area contributed by atoms with Crippen LogP contribution in [0.4, 0.5) is 0 Å². The number of ether oxygens (including phenoxy) is 1. The average Bonchev–Trinajstić information content (AvgIpc) is 2.14. The van der Waals surface area contributed by atoms with E-state index in [1.807, 2.05) is 6.92 Å². The van der Waals surface area contributed by atoms with E-state index >= 15 is 0 Å². The van der Waals surface area contributed by atoms with Gasteiger partial charge in [0.15, 0.2) is 0 Å². The van der Waals surface area contributed by atoms with Crippen molar-refractivity contribution in [1.29, 1.82) is 0 Å². The molecule has 0 rings (SSSR count). The van der Waals surface area contributed by atoms with Gasteiger partial charge < -0.3 is 9.84 Å². The number of carbonyl (C=O) groups excluding carboxylic acids is 1. The van der Waals surface area contributed by atoms with Crippen LogP contribution in [-0.4, -0.2) is 23.8 Å². The summed E-state index contributed by atoms with van der Waals surface area (Å²) in [5, 5.41) is 9.66. The molecule has 0 aromatic rings. The van der Waals surface area contributed by atoms with Gasteiger partial charge in [-0.25, -0.2) is 0 Å². The predicted octanol–water partition coefficient (Wildman–Crippen LogP) is 2.13. The molecule has 2 atom stereocenters. The van der Waals surface area contributed by atoms with Crippen LogP contribution in [0.15, 0.2) is 0 Å². The van der Waals surface area contributed by atoms with E-state index < -0.39 is 0 Å². The number of esters is 1. The van der Waals surface area contributed by atoms with Crippen molar-refractivity contribution in [2.45, 2.75) is 52.6 Å². The third-order valence-electron chi connectivity index (χ3n) is 2.30. The topological polar surface area (TPSA) is 46.5 Å². The summed E-state index contributed by atoms with van der Waals surface area (Å²) in [7, 11) is 0. The molecule has 84 valence electrons. The van der Waals surface area contributed by atoms with Crippen LogP contribution >= 0.6 is 0 Å². The van der Waals surface area contributed by atoms with Crippen LogP contribution in [-0.2, 0) is 9.53 Å². The van der Waals surface area contributed by atoms with Gasteiger partial charge in [0.2, 0.25) is 0 Å². The molecule has 0 aliphatic rings. The molecule has 2 unspecified atom stereocenters. The molecule has 0 saturated heterocycles. The van der Waals surface area contributed by atoms with Crippen LogP contribution in [0, 0.1) is 5.92 Å². The van der Waals surface area contributed by atoms with Crippen LogP contribution in [0.2, 0.25) is 0 Å². The van der Waals surface area contributed by atoms with Crippen LogP contribution in [0.25, 0.3) is 0 Å². The summed E-state index contributed by atoms with van der Waals surface area (Å²) in [4.78, 5) is 11.1. The lowest BCUT2D eigenvalue weighted by Gasteiger charge is -2.17. The van der Waals surface area contributed by atoms with Crippen molar-refractivity contribution in [1.82, 2.24) is 0 Å². The fraction of sp³-hybridized carbons (Fsp3) is 0.909. The summed E-state index contributed by atoms with van der Waals surface area (Å²) in [5.74, 6) is -0.212. The van der Waals surface area contributed by atoms with Crippen molar-refractivity contribution < 1.29 is 14.6 Å². The van der Waals surface area contributed by atoms with Gasteiger partial charge in [-0.1, -0.05) is 26.7 Å². The molecular weight excluding hydrogens is 180 g/mol. The number of hydrogen-bond acceptors (Lipinski definition) is 3. The summed E-state index contributed by atoms with van der Waals surface area (Å²) >= 11 is 0. The normalized spacial score (nSPS) is 14.9. The highest BCUT2D eigenvalue weighted by atomic mass is 16.5. The second-order valence-corrected chi connectivity index (χ2v) is 3.70. The molecule has 0 heterocycles. The molecule has 0 saturated carbocycles. The fourth-order valence-electron chi connectivity index (χ4n) is 1.32. The van der Waals surface area contributed by atoms with Crippen LogP contribution in [0.5, 0.6) is 0 Å². The smallest absolute Gasteiger partial charge is 0.306 e. The maximum absolute atomic E-state index is 11.1. The van der Waals surface area contributed by atoms with Crippen LogP contribution in [0.3, 0.4) is 0 Å².